The van der Waals surface area contributed by atoms with E-state index in [1.54, 1.807) is 26.0 Å². The minimum Gasteiger partial charge on any atom is -0.462 e. The van der Waals surface area contributed by atoms with Crippen LogP contribution in [0.2, 0.25) is 0 Å². The molecule has 0 radical (unpaired) electrons. The van der Waals surface area contributed by atoms with Gasteiger partial charge in [-0.1, -0.05) is 0 Å². The van der Waals surface area contributed by atoms with E-state index in [2.05, 4.69) is 0 Å². The van der Waals surface area contributed by atoms with Crippen LogP contribution in [0.1, 0.15) is 62.3 Å². The number of benzene rings is 1. The number of carbonyl (C=O) groups excluding carboxylic acids is 2. The summed E-state index contributed by atoms with van der Waals surface area (Å²) >= 11 is 0. The molecule has 136 valence electrons. The normalized spacial score (nSPS) is 18.1. The molecule has 25 heavy (non-hydrogen) atoms. The van der Waals surface area contributed by atoms with Crippen LogP contribution in [0.5, 0.6) is 0 Å². The van der Waals surface area contributed by atoms with E-state index < -0.39 is 30.3 Å². The summed E-state index contributed by atoms with van der Waals surface area (Å²) in [5.74, 6) is -1.02. The van der Waals surface area contributed by atoms with Gasteiger partial charge in [0.1, 0.15) is 0 Å². The summed E-state index contributed by atoms with van der Waals surface area (Å²) in [5, 5.41) is 0. The summed E-state index contributed by atoms with van der Waals surface area (Å²) in [6, 6.07) is 4.72. The van der Waals surface area contributed by atoms with Gasteiger partial charge in [0.05, 0.1) is 35.5 Å². The molecule has 0 N–H and O–H groups in total. The minimum absolute atomic E-state index is 0.244. The molecule has 0 unspecified atom stereocenters. The van der Waals surface area contributed by atoms with E-state index in [9.17, 15) is 9.59 Å². The van der Waals surface area contributed by atoms with E-state index in [1.807, 2.05) is 27.7 Å². The molecule has 0 aromatic heterocycles. The summed E-state index contributed by atoms with van der Waals surface area (Å²) in [4.78, 5) is 24.3. The Morgan fingerprint density at radius 3 is 1.64 bits per heavy atom. The average molecular weight is 348 g/mol. The first-order valence-corrected chi connectivity index (χ1v) is 8.46. The second-order valence-corrected chi connectivity index (χ2v) is 6.87. The molecule has 0 atom stereocenters. The van der Waals surface area contributed by atoms with Crippen molar-refractivity contribution in [3.63, 3.8) is 0 Å². The average Bonchev–Trinajstić information content (AvgIpc) is 2.75. The lowest BCUT2D eigenvalue weighted by atomic mass is 9.77. The Morgan fingerprint density at radius 1 is 0.880 bits per heavy atom. The van der Waals surface area contributed by atoms with Crippen molar-refractivity contribution in [1.29, 1.82) is 0 Å². The predicted octanol–water partition coefficient (Wildman–Crippen LogP) is 2.34. The van der Waals surface area contributed by atoms with Crippen molar-refractivity contribution < 1.29 is 28.4 Å². The van der Waals surface area contributed by atoms with Crippen LogP contribution in [0.4, 0.5) is 0 Å². The van der Waals surface area contributed by atoms with Crippen LogP contribution in [-0.2, 0) is 18.8 Å². The number of esters is 2. The number of hydrogen-bond acceptors (Lipinski definition) is 6. The van der Waals surface area contributed by atoms with Gasteiger partial charge in [-0.05, 0) is 65.2 Å². The Kier molecular flexibility index (Phi) is 5.59. The van der Waals surface area contributed by atoms with Gasteiger partial charge in [-0.3, -0.25) is 0 Å². The van der Waals surface area contributed by atoms with Crippen molar-refractivity contribution >= 4 is 24.5 Å². The van der Waals surface area contributed by atoms with Gasteiger partial charge in [-0.25, -0.2) is 9.59 Å². The highest BCUT2D eigenvalue weighted by Crippen LogP contribution is 2.36. The molecule has 7 heteroatoms. The van der Waals surface area contributed by atoms with Crippen LogP contribution in [-0.4, -0.2) is 43.5 Å². The predicted molar refractivity (Wildman–Crippen MR) is 94.1 cm³/mol. The lowest BCUT2D eigenvalue weighted by molar-refractivity contribution is 0.00578. The lowest BCUT2D eigenvalue weighted by Gasteiger charge is -2.32. The maximum absolute atomic E-state index is 12.1. The summed E-state index contributed by atoms with van der Waals surface area (Å²) in [6.45, 7) is 11.7. The molecule has 1 aliphatic rings. The highest BCUT2D eigenvalue weighted by Gasteiger charge is 2.51. The molecular weight excluding hydrogens is 323 g/mol. The molecular formula is C18H25BO6. The molecule has 0 aliphatic carbocycles. The standard InChI is InChI=1S/C18H25BO6/c1-7-22-15(20)12-9-13(16(21)23-8-2)11-14(10-12)19-24-17(3,4)18(5,6)25-19/h9-11H,7-8H2,1-6H3. The zero-order valence-corrected chi connectivity index (χ0v) is 15.7. The fourth-order valence-electron chi connectivity index (χ4n) is 2.43. The third-order valence-corrected chi connectivity index (χ3v) is 4.50. The molecule has 1 saturated heterocycles. The highest BCUT2D eigenvalue weighted by molar-refractivity contribution is 6.62. The van der Waals surface area contributed by atoms with Crippen molar-refractivity contribution in [2.45, 2.75) is 52.7 Å². The quantitative estimate of drug-likeness (QED) is 0.601. The van der Waals surface area contributed by atoms with Gasteiger partial charge in [0, 0.05) is 0 Å². The molecule has 1 aromatic rings. The Bertz CT molecular complexity index is 615. The minimum atomic E-state index is -0.687. The van der Waals surface area contributed by atoms with Gasteiger partial charge >= 0.3 is 19.1 Å². The van der Waals surface area contributed by atoms with Gasteiger partial charge in [0.2, 0.25) is 0 Å². The van der Waals surface area contributed by atoms with Gasteiger partial charge in [0.15, 0.2) is 0 Å². The van der Waals surface area contributed by atoms with E-state index in [0.717, 1.165) is 0 Å². The second kappa shape index (κ2) is 7.18. The molecule has 0 amide bonds. The van der Waals surface area contributed by atoms with Crippen LogP contribution in [0.15, 0.2) is 18.2 Å². The van der Waals surface area contributed by atoms with Crippen LogP contribution in [0, 0.1) is 0 Å². The Hall–Kier alpha value is -1.86. The summed E-state index contributed by atoms with van der Waals surface area (Å²) in [7, 11) is -0.687. The monoisotopic (exact) mass is 348 g/mol. The maximum atomic E-state index is 12.1. The zero-order chi connectivity index (χ0) is 18.8. The van der Waals surface area contributed by atoms with Crippen molar-refractivity contribution in [3.8, 4) is 0 Å². The molecule has 1 aromatic carbocycles. The van der Waals surface area contributed by atoms with Crippen molar-refractivity contribution in [2.75, 3.05) is 13.2 Å². The van der Waals surface area contributed by atoms with E-state index in [1.165, 1.54) is 6.07 Å². The second-order valence-electron chi connectivity index (χ2n) is 6.87. The zero-order valence-electron chi connectivity index (χ0n) is 15.7. The van der Waals surface area contributed by atoms with Crippen LogP contribution in [0.25, 0.3) is 0 Å². The third kappa shape index (κ3) is 4.04. The molecule has 0 bridgehead atoms. The fraction of sp³-hybridized carbons (Fsp3) is 0.556. The number of rotatable bonds is 5. The van der Waals surface area contributed by atoms with Gasteiger partial charge in [0.25, 0.3) is 0 Å². The molecule has 1 heterocycles. The van der Waals surface area contributed by atoms with E-state index in [-0.39, 0.29) is 24.3 Å². The molecule has 6 nitrogen and oxygen atoms in total. The molecule has 1 fully saturated rings. The Labute approximate surface area is 148 Å². The maximum Gasteiger partial charge on any atom is 0.494 e. The Morgan fingerprint density at radius 2 is 1.28 bits per heavy atom. The first kappa shape index (κ1) is 19.5. The smallest absolute Gasteiger partial charge is 0.462 e. The van der Waals surface area contributed by atoms with Gasteiger partial charge < -0.3 is 18.8 Å². The largest absolute Gasteiger partial charge is 0.494 e. The fourth-order valence-corrected chi connectivity index (χ4v) is 2.43. The van der Waals surface area contributed by atoms with Crippen molar-refractivity contribution in [1.82, 2.24) is 0 Å². The highest BCUT2D eigenvalue weighted by atomic mass is 16.7. The van der Waals surface area contributed by atoms with Crippen molar-refractivity contribution in [2.24, 2.45) is 0 Å². The summed E-state index contributed by atoms with van der Waals surface area (Å²) in [5.41, 5.74) is 0.0464. The molecule has 2 rings (SSSR count). The molecule has 0 saturated carbocycles. The number of carbonyl (C=O) groups is 2. The van der Waals surface area contributed by atoms with E-state index >= 15 is 0 Å². The number of hydrogen-bond donors (Lipinski definition) is 0. The SMILES string of the molecule is CCOC(=O)c1cc(B2OC(C)(C)C(C)(C)O2)cc(C(=O)OCC)c1. The van der Waals surface area contributed by atoms with Crippen molar-refractivity contribution in [3.05, 3.63) is 29.3 Å². The molecule has 1 aliphatic heterocycles. The topological polar surface area (TPSA) is 71.1 Å². The first-order chi connectivity index (χ1) is 11.6. The Balaban J connectivity index is 2.43. The summed E-state index contributed by atoms with van der Waals surface area (Å²) in [6.07, 6.45) is 0. The van der Waals surface area contributed by atoms with Gasteiger partial charge in [-0.15, -0.1) is 0 Å². The molecule has 0 spiro atoms. The van der Waals surface area contributed by atoms with Crippen LogP contribution < -0.4 is 5.46 Å². The summed E-state index contributed by atoms with van der Waals surface area (Å²) < 4.78 is 22.1. The van der Waals surface area contributed by atoms with E-state index in [4.69, 9.17) is 18.8 Å². The van der Waals surface area contributed by atoms with Crippen LogP contribution >= 0.6 is 0 Å². The van der Waals surface area contributed by atoms with Gasteiger partial charge in [-0.2, -0.15) is 0 Å². The third-order valence-electron chi connectivity index (χ3n) is 4.50. The van der Waals surface area contributed by atoms with E-state index in [0.29, 0.717) is 5.46 Å². The first-order valence-electron chi connectivity index (χ1n) is 8.46. The van der Waals surface area contributed by atoms with Crippen LogP contribution in [0.3, 0.4) is 0 Å². The number of ether oxygens (including phenoxy) is 2. The lowest BCUT2D eigenvalue weighted by Crippen LogP contribution is -2.41.